The number of halogens is 4. The predicted molar refractivity (Wildman–Crippen MR) is 103 cm³/mol. The van der Waals surface area contributed by atoms with Crippen molar-refractivity contribution in [1.29, 1.82) is 0 Å². The van der Waals surface area contributed by atoms with E-state index in [2.05, 4.69) is 0 Å². The molecule has 4 aliphatic rings. The highest BCUT2D eigenvalue weighted by Crippen LogP contribution is 2.76. The smallest absolute Gasteiger partial charge is 0.240 e. The van der Waals surface area contributed by atoms with E-state index in [0.29, 0.717) is 11.4 Å². The molecule has 3 fully saturated rings. The zero-order valence-electron chi connectivity index (χ0n) is 14.4. The molecule has 6 nitrogen and oxygen atoms in total. The first kappa shape index (κ1) is 19.0. The second kappa shape index (κ2) is 5.78. The minimum atomic E-state index is -1.69. The average Bonchev–Trinajstić information content (AvgIpc) is 3.36. The molecule has 2 saturated heterocycles. The predicted octanol–water partition coefficient (Wildman–Crippen LogP) is 3.22. The number of hydrogen-bond donors (Lipinski definition) is 0. The number of alkyl halides is 2. The van der Waals surface area contributed by atoms with Crippen LogP contribution in [0.5, 0.6) is 5.75 Å². The largest absolute Gasteiger partial charge is 0.497 e. The van der Waals surface area contributed by atoms with Crippen LogP contribution in [0.25, 0.3) is 0 Å². The van der Waals surface area contributed by atoms with E-state index in [1.54, 1.807) is 24.3 Å². The standard InChI is InChI=1S/C18H13Cl4NO5/c1-26-9-4-2-8(3-5-9)23-14(24)10-11(15(23)25)17(22)13(20)12(19)16(10,21)18(17)27-6-7-28-18/h2-5,10-11H,6-7H2,1H3/t10-,11+,16+,17-. The molecule has 2 aliphatic carbocycles. The van der Waals surface area contributed by atoms with E-state index >= 15 is 0 Å². The minimum absolute atomic E-state index is 0.0216. The van der Waals surface area contributed by atoms with Gasteiger partial charge in [0.1, 0.15) is 15.5 Å². The number of carbonyl (C=O) groups is 2. The van der Waals surface area contributed by atoms with Gasteiger partial charge in [0, 0.05) is 0 Å². The SMILES string of the molecule is COc1ccc(N2C(=O)[C@@H]3[C@H](C2=O)[C@]2(Cl)C(Cl)=C(Cl)[C@@]3(Cl)C23OCCO3)cc1. The number of nitrogens with zero attached hydrogens (tertiary/aromatic N) is 1. The number of hydrogen-bond acceptors (Lipinski definition) is 5. The van der Waals surface area contributed by atoms with Crippen molar-refractivity contribution < 1.29 is 23.8 Å². The Bertz CT molecular complexity index is 898. The lowest BCUT2D eigenvalue weighted by Gasteiger charge is -2.39. The van der Waals surface area contributed by atoms with Gasteiger partial charge < -0.3 is 14.2 Å². The van der Waals surface area contributed by atoms with Gasteiger partial charge in [0.25, 0.3) is 0 Å². The molecule has 4 atom stereocenters. The Balaban J connectivity index is 1.66. The monoisotopic (exact) mass is 463 g/mol. The van der Waals surface area contributed by atoms with Gasteiger partial charge in [-0.3, -0.25) is 9.59 Å². The van der Waals surface area contributed by atoms with Crippen LogP contribution in [0.2, 0.25) is 0 Å². The van der Waals surface area contributed by atoms with Crippen LogP contribution in [0.3, 0.4) is 0 Å². The molecule has 1 spiro atoms. The van der Waals surface area contributed by atoms with Crippen molar-refractivity contribution in [3.63, 3.8) is 0 Å². The molecule has 2 heterocycles. The van der Waals surface area contributed by atoms with E-state index in [4.69, 9.17) is 60.6 Å². The second-order valence-electron chi connectivity index (χ2n) is 7.03. The van der Waals surface area contributed by atoms with Gasteiger partial charge in [-0.1, -0.05) is 23.2 Å². The highest BCUT2D eigenvalue weighted by molar-refractivity contribution is 6.54. The lowest BCUT2D eigenvalue weighted by atomic mass is 9.84. The van der Waals surface area contributed by atoms with Crippen LogP contribution < -0.4 is 9.64 Å². The van der Waals surface area contributed by atoms with Crippen LogP contribution in [0.4, 0.5) is 5.69 Å². The Morgan fingerprint density at radius 2 is 1.43 bits per heavy atom. The maximum absolute atomic E-state index is 13.4. The summed E-state index contributed by atoms with van der Waals surface area (Å²) < 4.78 is 16.7. The van der Waals surface area contributed by atoms with Crippen molar-refractivity contribution >= 4 is 63.9 Å². The van der Waals surface area contributed by atoms with E-state index in [-0.39, 0.29) is 23.3 Å². The Labute approximate surface area is 180 Å². The van der Waals surface area contributed by atoms with Gasteiger partial charge in [-0.25, -0.2) is 4.90 Å². The number of methoxy groups -OCH3 is 1. The summed E-state index contributed by atoms with van der Waals surface area (Å²) in [5.41, 5.74) is 0.375. The van der Waals surface area contributed by atoms with Crippen molar-refractivity contribution in [1.82, 2.24) is 0 Å². The molecule has 0 N–H and O–H groups in total. The van der Waals surface area contributed by atoms with Crippen LogP contribution in [0, 0.1) is 11.8 Å². The van der Waals surface area contributed by atoms with Crippen molar-refractivity contribution in [2.75, 3.05) is 25.2 Å². The third kappa shape index (κ3) is 1.77. The first-order valence-electron chi connectivity index (χ1n) is 8.49. The summed E-state index contributed by atoms with van der Waals surface area (Å²) in [5, 5.41) is -0.0431. The van der Waals surface area contributed by atoms with Gasteiger partial charge in [-0.15, -0.1) is 23.2 Å². The second-order valence-corrected chi connectivity index (χ2v) is 8.98. The molecular weight excluding hydrogens is 452 g/mol. The Morgan fingerprint density at radius 1 is 0.964 bits per heavy atom. The zero-order valence-corrected chi connectivity index (χ0v) is 17.4. The summed E-state index contributed by atoms with van der Waals surface area (Å²) in [4.78, 5) is 24.4. The van der Waals surface area contributed by atoms with Gasteiger partial charge in [0.2, 0.25) is 17.6 Å². The van der Waals surface area contributed by atoms with Crippen molar-refractivity contribution in [3.05, 3.63) is 34.3 Å². The summed E-state index contributed by atoms with van der Waals surface area (Å²) in [6.07, 6.45) is 0. The number of rotatable bonds is 2. The first-order chi connectivity index (χ1) is 13.3. The van der Waals surface area contributed by atoms with Crippen molar-refractivity contribution in [2.45, 2.75) is 15.5 Å². The highest BCUT2D eigenvalue weighted by atomic mass is 35.5. The Morgan fingerprint density at radius 3 is 1.86 bits per heavy atom. The van der Waals surface area contributed by atoms with Crippen LogP contribution in [0.1, 0.15) is 0 Å². The van der Waals surface area contributed by atoms with Crippen LogP contribution in [-0.4, -0.2) is 47.7 Å². The normalized spacial score (nSPS) is 38.1. The molecule has 0 aromatic heterocycles. The van der Waals surface area contributed by atoms with E-state index in [1.165, 1.54) is 7.11 Å². The number of anilines is 1. The molecule has 0 radical (unpaired) electrons. The Hall–Kier alpha value is -1.02. The summed E-state index contributed by atoms with van der Waals surface area (Å²) in [5.74, 6) is -4.30. The van der Waals surface area contributed by atoms with Crippen LogP contribution in [-0.2, 0) is 19.1 Å². The fraction of sp³-hybridized carbons (Fsp3) is 0.444. The summed E-state index contributed by atoms with van der Waals surface area (Å²) in [7, 11) is 1.52. The molecule has 2 aliphatic heterocycles. The maximum Gasteiger partial charge on any atom is 0.240 e. The number of fused-ring (bicyclic) bond motifs is 3. The fourth-order valence-electron chi connectivity index (χ4n) is 4.85. The number of carbonyl (C=O) groups excluding carboxylic acids is 2. The topological polar surface area (TPSA) is 65.1 Å². The van der Waals surface area contributed by atoms with Crippen LogP contribution >= 0.6 is 46.4 Å². The summed E-state index contributed by atoms with van der Waals surface area (Å²) >= 11 is 26.7. The third-order valence-electron chi connectivity index (χ3n) is 5.98. The molecule has 148 valence electrons. The van der Waals surface area contributed by atoms with E-state index in [9.17, 15) is 9.59 Å². The molecule has 0 unspecified atom stereocenters. The molecule has 2 amide bonds. The molecule has 1 saturated carbocycles. The van der Waals surface area contributed by atoms with Gasteiger partial charge in [-0.05, 0) is 24.3 Å². The summed E-state index contributed by atoms with van der Waals surface area (Å²) in [6.45, 7) is 0.391. The lowest BCUT2D eigenvalue weighted by Crippen LogP contribution is -2.58. The van der Waals surface area contributed by atoms with E-state index < -0.39 is 39.2 Å². The Kier molecular flexibility index (Phi) is 3.91. The maximum atomic E-state index is 13.4. The van der Waals surface area contributed by atoms with Crippen molar-refractivity contribution in [3.8, 4) is 5.75 Å². The summed E-state index contributed by atoms with van der Waals surface area (Å²) in [6, 6.07) is 6.51. The van der Waals surface area contributed by atoms with E-state index in [1.807, 2.05) is 0 Å². The van der Waals surface area contributed by atoms with Gasteiger partial charge in [0.05, 0.1) is 47.9 Å². The highest BCUT2D eigenvalue weighted by Gasteiger charge is 2.90. The number of benzene rings is 1. The number of amides is 2. The molecule has 1 aromatic carbocycles. The first-order valence-corrected chi connectivity index (χ1v) is 10.0. The third-order valence-corrected chi connectivity index (χ3v) is 8.59. The molecule has 5 rings (SSSR count). The molecule has 2 bridgehead atoms. The minimum Gasteiger partial charge on any atom is -0.497 e. The van der Waals surface area contributed by atoms with Crippen molar-refractivity contribution in [2.24, 2.45) is 11.8 Å². The van der Waals surface area contributed by atoms with E-state index in [0.717, 1.165) is 4.90 Å². The quantitative estimate of drug-likeness (QED) is 0.496. The van der Waals surface area contributed by atoms with Crippen LogP contribution in [0.15, 0.2) is 34.3 Å². The number of imide groups is 1. The molecule has 10 heteroatoms. The lowest BCUT2D eigenvalue weighted by molar-refractivity contribution is -0.176. The van der Waals surface area contributed by atoms with Gasteiger partial charge in [-0.2, -0.15) is 0 Å². The average molecular weight is 465 g/mol. The zero-order chi connectivity index (χ0) is 20.1. The fourth-order valence-corrected chi connectivity index (χ4v) is 6.92. The molecular formula is C18H13Cl4NO5. The molecule has 1 aromatic rings. The molecule has 28 heavy (non-hydrogen) atoms. The van der Waals surface area contributed by atoms with Gasteiger partial charge in [0.15, 0.2) is 0 Å². The number of ether oxygens (including phenoxy) is 3. The van der Waals surface area contributed by atoms with Gasteiger partial charge >= 0.3 is 0 Å².